The van der Waals surface area contributed by atoms with Gasteiger partial charge in [0.2, 0.25) is 10.0 Å². The number of hydrogen-bond donors (Lipinski definition) is 2. The van der Waals surface area contributed by atoms with Gasteiger partial charge in [0.05, 0.1) is 10.4 Å². The van der Waals surface area contributed by atoms with E-state index in [1.807, 2.05) is 6.92 Å². The van der Waals surface area contributed by atoms with Gasteiger partial charge in [0, 0.05) is 13.1 Å². The third kappa shape index (κ3) is 3.62. The molecule has 23 heavy (non-hydrogen) atoms. The number of carboxylic acids is 1. The zero-order valence-electron chi connectivity index (χ0n) is 12.8. The van der Waals surface area contributed by atoms with Crippen molar-refractivity contribution in [2.45, 2.75) is 37.1 Å². The monoisotopic (exact) mass is 342 g/mol. The zero-order chi connectivity index (χ0) is 17.2. The highest BCUT2D eigenvalue weighted by Gasteiger charge is 2.25. The molecule has 0 aliphatic carbocycles. The van der Waals surface area contributed by atoms with E-state index < -0.39 is 27.8 Å². The van der Waals surface area contributed by atoms with Crippen LogP contribution in [0.3, 0.4) is 0 Å². The fraction of sp³-hybridized carbons (Fsp3) is 0.429. The number of rotatable bonds is 7. The van der Waals surface area contributed by atoms with Crippen molar-refractivity contribution >= 4 is 27.1 Å². The second-order valence-electron chi connectivity index (χ2n) is 5.21. The summed E-state index contributed by atoms with van der Waals surface area (Å²) >= 11 is 0. The number of aromatic nitrogens is 1. The van der Waals surface area contributed by atoms with Crippen molar-refractivity contribution in [2.24, 2.45) is 7.05 Å². The second kappa shape index (κ2) is 6.55. The van der Waals surface area contributed by atoms with Gasteiger partial charge in [-0.2, -0.15) is 4.72 Å². The summed E-state index contributed by atoms with van der Waals surface area (Å²) in [6.45, 7) is 1.89. The van der Waals surface area contributed by atoms with Crippen LogP contribution < -0.4 is 10.5 Å². The quantitative estimate of drug-likeness (QED) is 0.776. The minimum atomic E-state index is -4.03. The van der Waals surface area contributed by atoms with Crippen molar-refractivity contribution in [1.29, 1.82) is 0 Å². The van der Waals surface area contributed by atoms with Crippen molar-refractivity contribution in [3.63, 3.8) is 0 Å². The molecule has 126 valence electrons. The van der Waals surface area contributed by atoms with Gasteiger partial charge in [-0.25, -0.2) is 13.2 Å². The highest BCUT2D eigenvalue weighted by molar-refractivity contribution is 7.89. The normalized spacial score (nSPS) is 13.3. The maximum absolute atomic E-state index is 12.3. The highest BCUT2D eigenvalue weighted by Crippen LogP contribution is 2.18. The Hall–Kier alpha value is -2.13. The van der Waals surface area contributed by atoms with Crippen molar-refractivity contribution in [2.75, 3.05) is 0 Å². The smallest absolute Gasteiger partial charge is 0.419 e. The molecule has 1 heterocycles. The number of oxazole rings is 1. The number of fused-ring (bicyclic) bond motifs is 1. The molecule has 1 atom stereocenters. The molecule has 0 saturated carbocycles. The second-order valence-corrected chi connectivity index (χ2v) is 6.92. The number of nitrogens with zero attached hydrogens (tertiary/aromatic N) is 1. The van der Waals surface area contributed by atoms with Crippen molar-refractivity contribution in [1.82, 2.24) is 9.29 Å². The molecule has 1 aromatic carbocycles. The molecule has 0 bridgehead atoms. The van der Waals surface area contributed by atoms with E-state index in [0.29, 0.717) is 11.9 Å². The van der Waals surface area contributed by atoms with Crippen LogP contribution in [0, 0.1) is 0 Å². The van der Waals surface area contributed by atoms with Gasteiger partial charge in [-0.05, 0) is 18.6 Å². The van der Waals surface area contributed by atoms with E-state index in [1.165, 1.54) is 29.8 Å². The summed E-state index contributed by atoms with van der Waals surface area (Å²) in [7, 11) is -2.53. The molecule has 2 N–H and O–H groups in total. The molecular weight excluding hydrogens is 324 g/mol. The number of benzene rings is 1. The third-order valence-corrected chi connectivity index (χ3v) is 4.99. The lowest BCUT2D eigenvalue weighted by Gasteiger charge is -2.14. The Morgan fingerprint density at radius 1 is 1.43 bits per heavy atom. The molecule has 0 aliphatic rings. The van der Waals surface area contributed by atoms with E-state index in [9.17, 15) is 18.0 Å². The molecule has 9 heteroatoms. The Morgan fingerprint density at radius 2 is 2.13 bits per heavy atom. The Bertz CT molecular complexity index is 880. The molecule has 0 amide bonds. The lowest BCUT2D eigenvalue weighted by molar-refractivity contribution is -0.139. The lowest BCUT2D eigenvalue weighted by Crippen LogP contribution is -2.40. The van der Waals surface area contributed by atoms with E-state index in [0.717, 1.165) is 6.42 Å². The van der Waals surface area contributed by atoms with Gasteiger partial charge < -0.3 is 9.52 Å². The van der Waals surface area contributed by atoms with Crippen molar-refractivity contribution in [3.05, 3.63) is 28.7 Å². The summed E-state index contributed by atoms with van der Waals surface area (Å²) in [5.41, 5.74) is 0.579. The summed E-state index contributed by atoms with van der Waals surface area (Å²) < 4.78 is 33.1. The van der Waals surface area contributed by atoms with Crippen molar-refractivity contribution < 1.29 is 22.7 Å². The molecule has 0 saturated heterocycles. The van der Waals surface area contributed by atoms with Crippen LogP contribution in [0.25, 0.3) is 11.1 Å². The molecule has 8 nitrogen and oxygen atoms in total. The highest BCUT2D eigenvalue weighted by atomic mass is 32.2. The largest absolute Gasteiger partial charge is 0.480 e. The summed E-state index contributed by atoms with van der Waals surface area (Å²) in [4.78, 5) is 22.5. The van der Waals surface area contributed by atoms with Gasteiger partial charge in [0.1, 0.15) is 6.04 Å². The first-order chi connectivity index (χ1) is 10.8. The topological polar surface area (TPSA) is 119 Å². The van der Waals surface area contributed by atoms with Gasteiger partial charge in [-0.3, -0.25) is 9.36 Å². The summed E-state index contributed by atoms with van der Waals surface area (Å²) in [6, 6.07) is 2.76. The molecule has 0 aliphatic heterocycles. The van der Waals surface area contributed by atoms with Gasteiger partial charge in [0.25, 0.3) is 0 Å². The predicted octanol–water partition coefficient (Wildman–Crippen LogP) is 1.05. The number of carbonyl (C=O) groups is 1. The SMILES string of the molecule is CCCCC(NS(=O)(=O)c1ccc2c(c1)oc(=O)n2C)C(=O)O. The van der Waals surface area contributed by atoms with E-state index >= 15 is 0 Å². The first-order valence-corrected chi connectivity index (χ1v) is 8.59. The molecule has 2 rings (SSSR count). The Labute approximate surface area is 132 Å². The van der Waals surface area contributed by atoms with Crippen LogP contribution in [0.1, 0.15) is 26.2 Å². The van der Waals surface area contributed by atoms with Crippen LogP contribution in [0.2, 0.25) is 0 Å². The van der Waals surface area contributed by atoms with Gasteiger partial charge >= 0.3 is 11.7 Å². The van der Waals surface area contributed by atoms with Crippen LogP contribution in [-0.2, 0) is 21.9 Å². The lowest BCUT2D eigenvalue weighted by atomic mass is 10.1. The number of nitrogens with one attached hydrogen (secondary N) is 1. The van der Waals surface area contributed by atoms with Crippen LogP contribution in [0.15, 0.2) is 32.3 Å². The van der Waals surface area contributed by atoms with E-state index in [4.69, 9.17) is 9.52 Å². The summed E-state index contributed by atoms with van der Waals surface area (Å²) in [5, 5.41) is 9.13. The fourth-order valence-corrected chi connectivity index (χ4v) is 3.42. The molecular formula is C14H18N2O6S. The first-order valence-electron chi connectivity index (χ1n) is 7.11. The number of unbranched alkanes of at least 4 members (excludes halogenated alkanes) is 1. The maximum atomic E-state index is 12.3. The Balaban J connectivity index is 2.34. The minimum absolute atomic E-state index is 0.126. The standard InChI is InChI=1S/C14H18N2O6S/c1-3-4-5-10(13(17)18)15-23(20,21)9-6-7-11-12(8-9)22-14(19)16(11)2/h6-8,10,15H,3-5H2,1-2H3,(H,17,18). The number of carboxylic acid groups (broad SMARTS) is 1. The van der Waals surface area contributed by atoms with Crippen molar-refractivity contribution in [3.8, 4) is 0 Å². The number of hydrogen-bond acceptors (Lipinski definition) is 5. The van der Waals surface area contributed by atoms with Crippen LogP contribution in [0.4, 0.5) is 0 Å². The first kappa shape index (κ1) is 17.2. The Morgan fingerprint density at radius 3 is 2.74 bits per heavy atom. The molecule has 0 fully saturated rings. The van der Waals surface area contributed by atoms with Gasteiger partial charge in [-0.1, -0.05) is 19.8 Å². The maximum Gasteiger partial charge on any atom is 0.419 e. The molecule has 2 aromatic rings. The molecule has 1 unspecified atom stereocenters. The number of aryl methyl sites for hydroxylation is 1. The zero-order valence-corrected chi connectivity index (χ0v) is 13.6. The molecule has 0 spiro atoms. The fourth-order valence-electron chi connectivity index (χ4n) is 2.18. The third-order valence-electron chi connectivity index (χ3n) is 3.52. The van der Waals surface area contributed by atoms with Gasteiger partial charge in [0.15, 0.2) is 5.58 Å². The summed E-state index contributed by atoms with van der Waals surface area (Å²) in [6.07, 6.45) is 1.55. The van der Waals surface area contributed by atoms with Crippen LogP contribution in [-0.4, -0.2) is 30.1 Å². The summed E-state index contributed by atoms with van der Waals surface area (Å²) in [5.74, 6) is -1.83. The number of sulfonamides is 1. The van der Waals surface area contributed by atoms with E-state index in [1.54, 1.807) is 0 Å². The van der Waals surface area contributed by atoms with Crippen LogP contribution >= 0.6 is 0 Å². The average molecular weight is 342 g/mol. The molecule has 0 radical (unpaired) electrons. The average Bonchev–Trinajstić information content (AvgIpc) is 2.77. The predicted molar refractivity (Wildman–Crippen MR) is 82.7 cm³/mol. The Kier molecular flexibility index (Phi) is 4.90. The number of aliphatic carboxylic acids is 1. The minimum Gasteiger partial charge on any atom is -0.480 e. The molecule has 1 aromatic heterocycles. The van der Waals surface area contributed by atoms with Gasteiger partial charge in [-0.15, -0.1) is 0 Å². The van der Waals surface area contributed by atoms with E-state index in [-0.39, 0.29) is 16.9 Å². The van der Waals surface area contributed by atoms with E-state index in [2.05, 4.69) is 4.72 Å². The van der Waals surface area contributed by atoms with Crippen LogP contribution in [0.5, 0.6) is 0 Å².